The van der Waals surface area contributed by atoms with Crippen molar-refractivity contribution in [1.29, 1.82) is 5.26 Å². The first-order chi connectivity index (χ1) is 9.19. The van der Waals surface area contributed by atoms with Crippen molar-refractivity contribution in [2.45, 2.75) is 26.3 Å². The van der Waals surface area contributed by atoms with E-state index in [2.05, 4.69) is 29.7 Å². The van der Waals surface area contributed by atoms with Gasteiger partial charge in [-0.1, -0.05) is 13.8 Å². The van der Waals surface area contributed by atoms with Gasteiger partial charge in [-0.2, -0.15) is 5.26 Å². The van der Waals surface area contributed by atoms with Crippen LogP contribution in [0.15, 0.2) is 18.2 Å². The van der Waals surface area contributed by atoms with E-state index in [9.17, 15) is 0 Å². The van der Waals surface area contributed by atoms with E-state index in [0.717, 1.165) is 31.9 Å². The van der Waals surface area contributed by atoms with Crippen LogP contribution in [0.1, 0.15) is 25.8 Å². The molecule has 0 aliphatic carbocycles. The van der Waals surface area contributed by atoms with Crippen molar-refractivity contribution in [2.24, 2.45) is 0 Å². The molecule has 1 aromatic carbocycles. The topological polar surface area (TPSA) is 56.3 Å². The van der Waals surface area contributed by atoms with Crippen LogP contribution in [-0.4, -0.2) is 37.1 Å². The molecule has 1 heterocycles. The number of nitrogen functional groups attached to an aromatic ring is 1. The van der Waals surface area contributed by atoms with Gasteiger partial charge in [-0.15, -0.1) is 0 Å². The molecule has 0 amide bonds. The van der Waals surface area contributed by atoms with Gasteiger partial charge in [0.25, 0.3) is 0 Å². The van der Waals surface area contributed by atoms with E-state index in [1.807, 2.05) is 12.1 Å². The molecule has 0 bridgehead atoms. The highest BCUT2D eigenvalue weighted by Gasteiger charge is 2.27. The Kier molecular flexibility index (Phi) is 4.28. The van der Waals surface area contributed by atoms with Gasteiger partial charge in [0.2, 0.25) is 0 Å². The number of nitrogens with two attached hydrogens (primary N) is 1. The zero-order valence-corrected chi connectivity index (χ0v) is 11.8. The highest BCUT2D eigenvalue weighted by atomic mass is 15.3. The molecule has 1 saturated heterocycles. The number of nitrogens with zero attached hydrogens (tertiary/aromatic N) is 3. The Balaban J connectivity index is 2.11. The second-order valence-corrected chi connectivity index (χ2v) is 5.00. The quantitative estimate of drug-likeness (QED) is 0.840. The van der Waals surface area contributed by atoms with E-state index in [1.165, 1.54) is 6.42 Å². The number of likely N-dealkylation sites (N-methyl/N-ethyl adjacent to an activating group) is 1. The molecule has 0 aromatic heterocycles. The number of hydrogen-bond acceptors (Lipinski definition) is 4. The normalized spacial score (nSPS) is 18.8. The lowest BCUT2D eigenvalue weighted by atomic mass is 10.2. The Hall–Kier alpha value is -1.73. The van der Waals surface area contributed by atoms with Crippen LogP contribution in [-0.2, 0) is 0 Å². The van der Waals surface area contributed by atoms with Gasteiger partial charge in [0.05, 0.1) is 23.0 Å². The third-order valence-corrected chi connectivity index (χ3v) is 3.99. The highest BCUT2D eigenvalue weighted by molar-refractivity contribution is 5.70. The zero-order chi connectivity index (χ0) is 13.8. The molecule has 1 aliphatic rings. The minimum absolute atomic E-state index is 0.616. The molecule has 2 rings (SSSR count). The molecule has 2 N–H and O–H groups in total. The molecule has 1 aromatic rings. The molecule has 1 fully saturated rings. The zero-order valence-electron chi connectivity index (χ0n) is 11.8. The molecule has 4 nitrogen and oxygen atoms in total. The summed E-state index contributed by atoms with van der Waals surface area (Å²) in [6.07, 6.45) is 1.18. The minimum atomic E-state index is 0.616. The minimum Gasteiger partial charge on any atom is -0.397 e. The molecule has 0 radical (unpaired) electrons. The molecular formula is C15H22N4. The number of nitriles is 1. The van der Waals surface area contributed by atoms with Crippen molar-refractivity contribution in [3.05, 3.63) is 23.8 Å². The summed E-state index contributed by atoms with van der Waals surface area (Å²) in [7, 11) is 0. The Morgan fingerprint density at radius 2 is 2.16 bits per heavy atom. The third-order valence-electron chi connectivity index (χ3n) is 3.99. The smallest absolute Gasteiger partial charge is 0.0992 e. The van der Waals surface area contributed by atoms with Crippen molar-refractivity contribution in [3.8, 4) is 6.07 Å². The third kappa shape index (κ3) is 2.82. The molecule has 1 aliphatic heterocycles. The Morgan fingerprint density at radius 1 is 1.42 bits per heavy atom. The number of hydrogen-bond donors (Lipinski definition) is 1. The summed E-state index contributed by atoms with van der Waals surface area (Å²) in [5.74, 6) is 0. The second kappa shape index (κ2) is 5.94. The Labute approximate surface area is 115 Å². The lowest BCUT2D eigenvalue weighted by molar-refractivity contribution is 0.232. The van der Waals surface area contributed by atoms with Crippen LogP contribution in [0, 0.1) is 11.3 Å². The van der Waals surface area contributed by atoms with Crippen LogP contribution in [0.4, 0.5) is 11.4 Å². The maximum atomic E-state index is 8.87. The first kappa shape index (κ1) is 13.7. The number of rotatable bonds is 4. The first-order valence-electron chi connectivity index (χ1n) is 6.98. The van der Waals surface area contributed by atoms with Crippen molar-refractivity contribution < 1.29 is 0 Å². The fourth-order valence-electron chi connectivity index (χ4n) is 2.91. The molecule has 1 atom stereocenters. The Morgan fingerprint density at radius 3 is 2.74 bits per heavy atom. The summed E-state index contributed by atoms with van der Waals surface area (Å²) in [5, 5.41) is 8.87. The summed E-state index contributed by atoms with van der Waals surface area (Å²) in [6.45, 7) is 8.68. The van der Waals surface area contributed by atoms with E-state index >= 15 is 0 Å². The lowest BCUT2D eigenvalue weighted by Crippen LogP contribution is -2.37. The maximum Gasteiger partial charge on any atom is 0.0992 e. The van der Waals surface area contributed by atoms with Gasteiger partial charge in [0, 0.05) is 19.1 Å². The summed E-state index contributed by atoms with van der Waals surface area (Å²) in [4.78, 5) is 4.83. The van der Waals surface area contributed by atoms with Crippen LogP contribution >= 0.6 is 0 Å². The summed E-state index contributed by atoms with van der Waals surface area (Å²) in [5.41, 5.74) is 8.45. The van der Waals surface area contributed by atoms with Crippen LogP contribution in [0.3, 0.4) is 0 Å². The van der Waals surface area contributed by atoms with Crippen LogP contribution in [0.2, 0.25) is 0 Å². The average molecular weight is 258 g/mol. The fourth-order valence-corrected chi connectivity index (χ4v) is 2.91. The van der Waals surface area contributed by atoms with E-state index in [4.69, 9.17) is 11.0 Å². The van der Waals surface area contributed by atoms with E-state index in [0.29, 0.717) is 17.3 Å². The largest absolute Gasteiger partial charge is 0.397 e. The standard InChI is InChI=1S/C15H22N4/c1-3-18(4-2)13-7-8-19(11-13)15-6-5-12(10-16)9-14(15)17/h5-6,9,13H,3-4,7-8,11,17H2,1-2H3. The van der Waals surface area contributed by atoms with Gasteiger partial charge >= 0.3 is 0 Å². The first-order valence-corrected chi connectivity index (χ1v) is 6.98. The molecular weight excluding hydrogens is 236 g/mol. The van der Waals surface area contributed by atoms with Crippen LogP contribution in [0.5, 0.6) is 0 Å². The van der Waals surface area contributed by atoms with E-state index < -0.39 is 0 Å². The molecule has 0 spiro atoms. The van der Waals surface area contributed by atoms with Gasteiger partial charge < -0.3 is 10.6 Å². The monoisotopic (exact) mass is 258 g/mol. The van der Waals surface area contributed by atoms with Gasteiger partial charge in [-0.05, 0) is 37.7 Å². The van der Waals surface area contributed by atoms with Gasteiger partial charge in [0.1, 0.15) is 0 Å². The predicted molar refractivity (Wildman–Crippen MR) is 79.1 cm³/mol. The van der Waals surface area contributed by atoms with Crippen LogP contribution < -0.4 is 10.6 Å². The van der Waals surface area contributed by atoms with Gasteiger partial charge in [-0.25, -0.2) is 0 Å². The Bertz CT molecular complexity index is 474. The molecule has 0 saturated carbocycles. The lowest BCUT2D eigenvalue weighted by Gasteiger charge is -2.27. The predicted octanol–water partition coefficient (Wildman–Crippen LogP) is 2.06. The summed E-state index contributed by atoms with van der Waals surface area (Å²) < 4.78 is 0. The van der Waals surface area contributed by atoms with Crippen molar-refractivity contribution in [2.75, 3.05) is 36.8 Å². The van der Waals surface area contributed by atoms with Gasteiger partial charge in [-0.3, -0.25) is 4.90 Å². The van der Waals surface area contributed by atoms with Crippen molar-refractivity contribution in [3.63, 3.8) is 0 Å². The number of anilines is 2. The summed E-state index contributed by atoms with van der Waals surface area (Å²) in [6, 6.07) is 8.32. The molecule has 1 unspecified atom stereocenters. The van der Waals surface area contributed by atoms with Crippen molar-refractivity contribution >= 4 is 11.4 Å². The molecule has 4 heteroatoms. The summed E-state index contributed by atoms with van der Waals surface area (Å²) >= 11 is 0. The molecule has 102 valence electrons. The van der Waals surface area contributed by atoms with Crippen LogP contribution in [0.25, 0.3) is 0 Å². The SMILES string of the molecule is CCN(CC)C1CCN(c2ccc(C#N)cc2N)C1. The second-order valence-electron chi connectivity index (χ2n) is 5.00. The van der Waals surface area contributed by atoms with E-state index in [1.54, 1.807) is 6.07 Å². The van der Waals surface area contributed by atoms with Crippen molar-refractivity contribution in [1.82, 2.24) is 4.90 Å². The highest BCUT2D eigenvalue weighted by Crippen LogP contribution is 2.28. The fraction of sp³-hybridized carbons (Fsp3) is 0.533. The van der Waals surface area contributed by atoms with E-state index in [-0.39, 0.29) is 0 Å². The van der Waals surface area contributed by atoms with Gasteiger partial charge in [0.15, 0.2) is 0 Å². The maximum absolute atomic E-state index is 8.87. The molecule has 19 heavy (non-hydrogen) atoms. The average Bonchev–Trinajstić information content (AvgIpc) is 2.89. The number of benzene rings is 1.